The maximum atomic E-state index is 13.7. The summed E-state index contributed by atoms with van der Waals surface area (Å²) in [6, 6.07) is 11.0. The van der Waals surface area contributed by atoms with Gasteiger partial charge in [-0.1, -0.05) is 30.7 Å². The zero-order valence-corrected chi connectivity index (χ0v) is 15.8. The van der Waals surface area contributed by atoms with Gasteiger partial charge in [0.25, 0.3) is 5.91 Å². The van der Waals surface area contributed by atoms with Gasteiger partial charge in [-0.3, -0.25) is 9.59 Å². The summed E-state index contributed by atoms with van der Waals surface area (Å²) in [4.78, 5) is 28.0. The van der Waals surface area contributed by atoms with Crippen LogP contribution in [0.4, 0.5) is 15.8 Å². The van der Waals surface area contributed by atoms with Crippen LogP contribution in [0.25, 0.3) is 0 Å². The highest BCUT2D eigenvalue weighted by Gasteiger charge is 2.21. The summed E-state index contributed by atoms with van der Waals surface area (Å²) >= 11 is 6.40. The van der Waals surface area contributed by atoms with E-state index >= 15 is 0 Å². The molecule has 0 atom stereocenters. The fourth-order valence-corrected chi connectivity index (χ4v) is 3.41. The maximum Gasteiger partial charge on any atom is 0.258 e. The van der Waals surface area contributed by atoms with Crippen LogP contribution in [0.5, 0.6) is 0 Å². The Balaban J connectivity index is 1.67. The van der Waals surface area contributed by atoms with E-state index in [9.17, 15) is 14.0 Å². The van der Waals surface area contributed by atoms with E-state index in [-0.39, 0.29) is 11.5 Å². The Morgan fingerprint density at radius 3 is 2.44 bits per heavy atom. The molecule has 2 amide bonds. The van der Waals surface area contributed by atoms with Crippen molar-refractivity contribution in [3.05, 3.63) is 58.9 Å². The van der Waals surface area contributed by atoms with Gasteiger partial charge in [0, 0.05) is 38.3 Å². The lowest BCUT2D eigenvalue weighted by molar-refractivity contribution is -0.131. The Morgan fingerprint density at radius 2 is 1.81 bits per heavy atom. The SMILES string of the molecule is CCC(=O)N1CCN(c2ccc(NC(=O)c3ccccc3F)cc2Cl)CC1. The molecule has 1 N–H and O–H groups in total. The Labute approximate surface area is 162 Å². The highest BCUT2D eigenvalue weighted by molar-refractivity contribution is 6.33. The van der Waals surface area contributed by atoms with Crippen molar-refractivity contribution in [1.29, 1.82) is 0 Å². The molecular formula is C20H21ClFN3O2. The number of anilines is 2. The molecule has 2 aromatic carbocycles. The van der Waals surface area contributed by atoms with Gasteiger partial charge in [0.15, 0.2) is 0 Å². The topological polar surface area (TPSA) is 52.7 Å². The van der Waals surface area contributed by atoms with E-state index in [4.69, 9.17) is 11.6 Å². The lowest BCUT2D eigenvalue weighted by Gasteiger charge is -2.36. The summed E-state index contributed by atoms with van der Waals surface area (Å²) in [5, 5.41) is 3.16. The average molecular weight is 390 g/mol. The van der Waals surface area contributed by atoms with E-state index in [2.05, 4.69) is 10.2 Å². The third-order valence-corrected chi connectivity index (χ3v) is 4.90. The molecule has 1 aliphatic rings. The third kappa shape index (κ3) is 4.39. The zero-order valence-electron chi connectivity index (χ0n) is 15.0. The number of amides is 2. The Hall–Kier alpha value is -2.60. The molecule has 1 heterocycles. The van der Waals surface area contributed by atoms with E-state index in [1.165, 1.54) is 18.2 Å². The molecule has 142 valence electrons. The first kappa shape index (κ1) is 19.2. The van der Waals surface area contributed by atoms with Crippen molar-refractivity contribution in [3.63, 3.8) is 0 Å². The van der Waals surface area contributed by atoms with Crippen molar-refractivity contribution in [3.8, 4) is 0 Å². The molecule has 1 fully saturated rings. The van der Waals surface area contributed by atoms with Crippen molar-refractivity contribution in [2.45, 2.75) is 13.3 Å². The Bertz CT molecular complexity index is 851. The third-order valence-electron chi connectivity index (χ3n) is 4.60. The van der Waals surface area contributed by atoms with Gasteiger partial charge in [-0.25, -0.2) is 4.39 Å². The van der Waals surface area contributed by atoms with E-state index < -0.39 is 11.7 Å². The molecule has 3 rings (SSSR count). The van der Waals surface area contributed by atoms with Crippen LogP contribution < -0.4 is 10.2 Å². The summed E-state index contributed by atoms with van der Waals surface area (Å²) in [5.74, 6) is -0.937. The highest BCUT2D eigenvalue weighted by Crippen LogP contribution is 2.30. The quantitative estimate of drug-likeness (QED) is 0.865. The standard InChI is InChI=1S/C20H21ClFN3O2/c1-2-19(26)25-11-9-24(10-12-25)18-8-7-14(13-16(18)21)23-20(27)15-5-3-4-6-17(15)22/h3-8,13H,2,9-12H2,1H3,(H,23,27). The number of nitrogens with one attached hydrogen (secondary N) is 1. The average Bonchev–Trinajstić information content (AvgIpc) is 2.68. The molecule has 0 aromatic heterocycles. The predicted molar refractivity (Wildman–Crippen MR) is 105 cm³/mol. The number of hydrogen-bond donors (Lipinski definition) is 1. The van der Waals surface area contributed by atoms with E-state index in [0.29, 0.717) is 43.3 Å². The molecule has 1 aliphatic heterocycles. The summed E-state index contributed by atoms with van der Waals surface area (Å²) in [5.41, 5.74) is 1.33. The number of benzene rings is 2. The van der Waals surface area contributed by atoms with Crippen molar-refractivity contribution in [1.82, 2.24) is 4.90 Å². The minimum absolute atomic E-state index is 0.0191. The number of halogens is 2. The zero-order chi connectivity index (χ0) is 19.4. The number of rotatable bonds is 4. The van der Waals surface area contributed by atoms with Crippen LogP contribution in [0.3, 0.4) is 0 Å². The van der Waals surface area contributed by atoms with Crippen molar-refractivity contribution in [2.75, 3.05) is 36.4 Å². The van der Waals surface area contributed by atoms with Gasteiger partial charge < -0.3 is 15.1 Å². The number of carbonyl (C=O) groups is 2. The molecule has 27 heavy (non-hydrogen) atoms. The molecule has 5 nitrogen and oxygen atoms in total. The molecule has 0 bridgehead atoms. The summed E-state index contributed by atoms with van der Waals surface area (Å²) in [7, 11) is 0. The largest absolute Gasteiger partial charge is 0.367 e. The summed E-state index contributed by atoms with van der Waals surface area (Å²) < 4.78 is 13.7. The molecule has 0 spiro atoms. The predicted octanol–water partition coefficient (Wildman–Crippen LogP) is 3.79. The Kier molecular flexibility index (Phi) is 5.96. The minimum atomic E-state index is -0.572. The maximum absolute atomic E-state index is 13.7. The first-order chi connectivity index (χ1) is 13.0. The first-order valence-electron chi connectivity index (χ1n) is 8.87. The molecule has 0 radical (unpaired) electrons. The molecular weight excluding hydrogens is 369 g/mol. The highest BCUT2D eigenvalue weighted by atomic mass is 35.5. The normalized spacial score (nSPS) is 14.2. The number of nitrogens with zero attached hydrogens (tertiary/aromatic N) is 2. The molecule has 0 saturated carbocycles. The lowest BCUT2D eigenvalue weighted by Crippen LogP contribution is -2.48. The minimum Gasteiger partial charge on any atom is -0.367 e. The molecule has 0 unspecified atom stereocenters. The van der Waals surface area contributed by atoms with Crippen LogP contribution in [-0.4, -0.2) is 42.9 Å². The van der Waals surface area contributed by atoms with Gasteiger partial charge in [-0.05, 0) is 30.3 Å². The van der Waals surface area contributed by atoms with Crippen molar-refractivity contribution < 1.29 is 14.0 Å². The van der Waals surface area contributed by atoms with Gasteiger partial charge in [0.05, 0.1) is 16.3 Å². The number of piperazine rings is 1. The second-order valence-corrected chi connectivity index (χ2v) is 6.73. The van der Waals surface area contributed by atoms with Crippen LogP contribution in [0.15, 0.2) is 42.5 Å². The van der Waals surface area contributed by atoms with Crippen LogP contribution in [0.1, 0.15) is 23.7 Å². The van der Waals surface area contributed by atoms with Gasteiger partial charge in [-0.2, -0.15) is 0 Å². The monoisotopic (exact) mass is 389 g/mol. The fourth-order valence-electron chi connectivity index (χ4n) is 3.11. The molecule has 1 saturated heterocycles. The van der Waals surface area contributed by atoms with E-state index in [1.807, 2.05) is 17.9 Å². The molecule has 0 aliphatic carbocycles. The summed E-state index contributed by atoms with van der Waals surface area (Å²) in [6.45, 7) is 4.59. The second kappa shape index (κ2) is 8.39. The van der Waals surface area contributed by atoms with Crippen molar-refractivity contribution >= 4 is 34.8 Å². The summed E-state index contributed by atoms with van der Waals surface area (Å²) in [6.07, 6.45) is 0.511. The van der Waals surface area contributed by atoms with Crippen LogP contribution in [-0.2, 0) is 4.79 Å². The van der Waals surface area contributed by atoms with Gasteiger partial charge in [-0.15, -0.1) is 0 Å². The van der Waals surface area contributed by atoms with E-state index in [0.717, 1.165) is 5.69 Å². The number of hydrogen-bond acceptors (Lipinski definition) is 3. The van der Waals surface area contributed by atoms with Crippen LogP contribution in [0, 0.1) is 5.82 Å². The van der Waals surface area contributed by atoms with Crippen LogP contribution in [0.2, 0.25) is 5.02 Å². The first-order valence-corrected chi connectivity index (χ1v) is 9.25. The van der Waals surface area contributed by atoms with E-state index in [1.54, 1.807) is 18.2 Å². The van der Waals surface area contributed by atoms with Crippen LogP contribution >= 0.6 is 11.6 Å². The van der Waals surface area contributed by atoms with Gasteiger partial charge >= 0.3 is 0 Å². The smallest absolute Gasteiger partial charge is 0.258 e. The fraction of sp³-hybridized carbons (Fsp3) is 0.300. The van der Waals surface area contributed by atoms with Gasteiger partial charge in [0.1, 0.15) is 5.82 Å². The Morgan fingerprint density at radius 1 is 1.11 bits per heavy atom. The van der Waals surface area contributed by atoms with Gasteiger partial charge in [0.2, 0.25) is 5.91 Å². The lowest BCUT2D eigenvalue weighted by atomic mass is 10.2. The van der Waals surface area contributed by atoms with Crippen molar-refractivity contribution in [2.24, 2.45) is 0 Å². The molecule has 7 heteroatoms. The second-order valence-electron chi connectivity index (χ2n) is 6.32. The number of carbonyl (C=O) groups excluding carboxylic acids is 2. The molecule has 2 aromatic rings.